The third kappa shape index (κ3) is 3.58. The molecule has 0 fully saturated rings. The van der Waals surface area contributed by atoms with E-state index in [1.807, 2.05) is 0 Å². The van der Waals surface area contributed by atoms with Gasteiger partial charge in [0.25, 0.3) is 0 Å². The molecule has 0 heterocycles. The Balaban J connectivity index is 2.86. The Kier molecular flexibility index (Phi) is 4.93. The molecule has 0 aliphatic heterocycles. The number of rotatable bonds is 4. The van der Waals surface area contributed by atoms with Gasteiger partial charge in [-0.15, -0.1) is 0 Å². The van der Waals surface area contributed by atoms with Gasteiger partial charge in [-0.1, -0.05) is 23.8 Å². The number of amides is 1. The van der Waals surface area contributed by atoms with Crippen LogP contribution in [0, 0.1) is 0 Å². The summed E-state index contributed by atoms with van der Waals surface area (Å²) in [5, 5.41) is 3.54. The molecule has 1 aromatic rings. The van der Waals surface area contributed by atoms with E-state index in [9.17, 15) is 4.79 Å². The van der Waals surface area contributed by atoms with Gasteiger partial charge in [0.1, 0.15) is 11.0 Å². The summed E-state index contributed by atoms with van der Waals surface area (Å²) in [5.74, 6) is -0.0236. The molecule has 1 atom stereocenters. The van der Waals surface area contributed by atoms with Crippen LogP contribution in [0.2, 0.25) is 5.02 Å². The summed E-state index contributed by atoms with van der Waals surface area (Å²) in [6, 6.07) is 4.85. The molecule has 6 heteroatoms. The van der Waals surface area contributed by atoms with Crippen LogP contribution in [0.15, 0.2) is 18.2 Å². The molecule has 4 nitrogen and oxygen atoms in total. The van der Waals surface area contributed by atoms with E-state index in [1.165, 1.54) is 4.90 Å². The van der Waals surface area contributed by atoms with E-state index in [1.54, 1.807) is 39.2 Å². The molecule has 0 saturated heterocycles. The molecule has 1 aromatic carbocycles. The highest BCUT2D eigenvalue weighted by Gasteiger charge is 2.15. The number of nitrogens with zero attached hydrogens (tertiary/aromatic N) is 1. The fourth-order valence-electron chi connectivity index (χ4n) is 1.47. The highest BCUT2D eigenvalue weighted by molar-refractivity contribution is 7.80. The minimum absolute atomic E-state index is 0.0236. The third-order valence-electron chi connectivity index (χ3n) is 2.44. The number of nitrogens with two attached hydrogens (primary N) is 1. The second-order valence-corrected chi connectivity index (χ2v) is 5.00. The van der Waals surface area contributed by atoms with Gasteiger partial charge in [0.05, 0.1) is 10.7 Å². The molecule has 0 spiro atoms. The molecule has 1 amide bonds. The summed E-state index contributed by atoms with van der Waals surface area (Å²) in [6.07, 6.45) is 0. The molecule has 0 aromatic heterocycles. The molecule has 0 aliphatic rings. The molecular formula is C12H16ClN3OS. The van der Waals surface area contributed by atoms with Crippen LogP contribution >= 0.6 is 23.8 Å². The zero-order valence-electron chi connectivity index (χ0n) is 10.5. The number of nitrogens with one attached hydrogen (secondary N) is 1. The van der Waals surface area contributed by atoms with Gasteiger partial charge in [-0.3, -0.25) is 4.79 Å². The number of benzene rings is 1. The fraction of sp³-hybridized carbons (Fsp3) is 0.333. The van der Waals surface area contributed by atoms with Crippen LogP contribution in [0.4, 0.5) is 5.69 Å². The molecule has 0 aliphatic carbocycles. The average Bonchev–Trinajstić information content (AvgIpc) is 2.30. The SMILES string of the molecule is CC(Nc1ccc(C(N)=S)cc1Cl)C(=O)N(C)C. The summed E-state index contributed by atoms with van der Waals surface area (Å²) < 4.78 is 0. The summed E-state index contributed by atoms with van der Waals surface area (Å²) >= 11 is 11.0. The van der Waals surface area contributed by atoms with Gasteiger partial charge >= 0.3 is 0 Å². The minimum Gasteiger partial charge on any atom is -0.389 e. The topological polar surface area (TPSA) is 58.4 Å². The van der Waals surface area contributed by atoms with Crippen LogP contribution in [0.25, 0.3) is 0 Å². The van der Waals surface area contributed by atoms with Crippen molar-refractivity contribution in [1.82, 2.24) is 4.90 Å². The van der Waals surface area contributed by atoms with Crippen molar-refractivity contribution in [2.45, 2.75) is 13.0 Å². The van der Waals surface area contributed by atoms with Crippen molar-refractivity contribution >= 4 is 40.4 Å². The minimum atomic E-state index is -0.354. The molecule has 0 radical (unpaired) electrons. The van der Waals surface area contributed by atoms with E-state index in [0.29, 0.717) is 21.3 Å². The van der Waals surface area contributed by atoms with Gasteiger partial charge in [-0.25, -0.2) is 0 Å². The summed E-state index contributed by atoms with van der Waals surface area (Å²) in [6.45, 7) is 1.78. The van der Waals surface area contributed by atoms with E-state index in [-0.39, 0.29) is 11.9 Å². The van der Waals surface area contributed by atoms with Gasteiger partial charge in [-0.05, 0) is 25.1 Å². The highest BCUT2D eigenvalue weighted by atomic mass is 35.5. The second-order valence-electron chi connectivity index (χ2n) is 4.16. The van der Waals surface area contributed by atoms with Crippen LogP contribution in [0.3, 0.4) is 0 Å². The van der Waals surface area contributed by atoms with Crippen LogP contribution in [0.1, 0.15) is 12.5 Å². The van der Waals surface area contributed by atoms with Crippen LogP contribution in [-0.2, 0) is 4.79 Å². The lowest BCUT2D eigenvalue weighted by Crippen LogP contribution is -2.36. The standard InChI is InChI=1S/C12H16ClN3OS/c1-7(12(17)16(2)3)15-10-5-4-8(11(14)18)6-9(10)13/h4-7,15H,1-3H3,(H2,14,18). The Morgan fingerprint density at radius 3 is 2.56 bits per heavy atom. The van der Waals surface area contributed by atoms with Crippen LogP contribution in [-0.4, -0.2) is 35.9 Å². The molecule has 0 saturated carbocycles. The average molecular weight is 286 g/mol. The Labute approximate surface area is 117 Å². The van der Waals surface area contributed by atoms with Crippen molar-refractivity contribution in [3.05, 3.63) is 28.8 Å². The highest BCUT2D eigenvalue weighted by Crippen LogP contribution is 2.23. The van der Waals surface area contributed by atoms with E-state index < -0.39 is 0 Å². The first-order valence-corrected chi connectivity index (χ1v) is 6.18. The maximum Gasteiger partial charge on any atom is 0.244 e. The number of halogens is 1. The second kappa shape index (κ2) is 6.02. The third-order valence-corrected chi connectivity index (χ3v) is 2.99. The largest absolute Gasteiger partial charge is 0.389 e. The van der Waals surface area contributed by atoms with Crippen molar-refractivity contribution in [2.24, 2.45) is 5.73 Å². The first kappa shape index (κ1) is 14.7. The molecular weight excluding hydrogens is 270 g/mol. The lowest BCUT2D eigenvalue weighted by molar-refractivity contribution is -0.129. The smallest absolute Gasteiger partial charge is 0.244 e. The molecule has 1 rings (SSSR count). The Hall–Kier alpha value is -1.33. The van der Waals surface area contributed by atoms with Crippen molar-refractivity contribution in [1.29, 1.82) is 0 Å². The van der Waals surface area contributed by atoms with E-state index >= 15 is 0 Å². The molecule has 1 unspecified atom stereocenters. The molecule has 0 bridgehead atoms. The number of likely N-dealkylation sites (N-methyl/N-ethyl adjacent to an activating group) is 1. The quantitative estimate of drug-likeness (QED) is 0.829. The molecule has 18 heavy (non-hydrogen) atoms. The number of thiocarbonyl (C=S) groups is 1. The van der Waals surface area contributed by atoms with E-state index in [0.717, 1.165) is 0 Å². The first-order chi connectivity index (χ1) is 8.32. The van der Waals surface area contributed by atoms with Crippen LogP contribution < -0.4 is 11.1 Å². The maximum atomic E-state index is 11.7. The number of carbonyl (C=O) groups excluding carboxylic acids is 1. The normalized spacial score (nSPS) is 11.8. The van der Waals surface area contributed by atoms with Crippen molar-refractivity contribution < 1.29 is 4.79 Å². The predicted molar refractivity (Wildman–Crippen MR) is 79.1 cm³/mol. The number of hydrogen-bond acceptors (Lipinski definition) is 3. The lowest BCUT2D eigenvalue weighted by atomic mass is 10.2. The summed E-state index contributed by atoms with van der Waals surface area (Å²) in [4.78, 5) is 13.5. The van der Waals surface area contributed by atoms with Gasteiger partial charge in [0.15, 0.2) is 0 Å². The van der Waals surface area contributed by atoms with Crippen molar-refractivity contribution in [3.63, 3.8) is 0 Å². The molecule has 98 valence electrons. The molecule has 3 N–H and O–H groups in total. The predicted octanol–water partition coefficient (Wildman–Crippen LogP) is 1.86. The van der Waals surface area contributed by atoms with Crippen molar-refractivity contribution in [3.8, 4) is 0 Å². The monoisotopic (exact) mass is 285 g/mol. The zero-order chi connectivity index (χ0) is 13.9. The van der Waals surface area contributed by atoms with E-state index in [2.05, 4.69) is 5.32 Å². The number of carbonyl (C=O) groups is 1. The summed E-state index contributed by atoms with van der Waals surface area (Å²) in [5.41, 5.74) is 6.89. The van der Waals surface area contributed by atoms with Crippen LogP contribution in [0.5, 0.6) is 0 Å². The fourth-order valence-corrected chi connectivity index (χ4v) is 1.83. The van der Waals surface area contributed by atoms with Gasteiger partial charge in [-0.2, -0.15) is 0 Å². The maximum absolute atomic E-state index is 11.7. The zero-order valence-corrected chi connectivity index (χ0v) is 12.1. The Bertz CT molecular complexity index is 476. The number of anilines is 1. The lowest BCUT2D eigenvalue weighted by Gasteiger charge is -2.19. The van der Waals surface area contributed by atoms with Gasteiger partial charge < -0.3 is 16.0 Å². The Morgan fingerprint density at radius 2 is 2.11 bits per heavy atom. The van der Waals surface area contributed by atoms with Crippen molar-refractivity contribution in [2.75, 3.05) is 19.4 Å². The first-order valence-electron chi connectivity index (χ1n) is 5.40. The Morgan fingerprint density at radius 1 is 1.50 bits per heavy atom. The number of hydrogen-bond donors (Lipinski definition) is 2. The van der Waals surface area contributed by atoms with Gasteiger partial charge in [0, 0.05) is 19.7 Å². The van der Waals surface area contributed by atoms with E-state index in [4.69, 9.17) is 29.6 Å². The van der Waals surface area contributed by atoms with Gasteiger partial charge in [0.2, 0.25) is 5.91 Å². The summed E-state index contributed by atoms with van der Waals surface area (Å²) in [7, 11) is 3.41.